The first-order valence-electron chi connectivity index (χ1n) is 6.44. The van der Waals surface area contributed by atoms with E-state index in [2.05, 4.69) is 0 Å². The van der Waals surface area contributed by atoms with Crippen molar-refractivity contribution in [3.05, 3.63) is 53.6 Å². The molecule has 0 aromatic heterocycles. The quantitative estimate of drug-likeness (QED) is 0.873. The van der Waals surface area contributed by atoms with Crippen molar-refractivity contribution in [2.75, 3.05) is 0 Å². The third kappa shape index (κ3) is 2.20. The molecule has 112 valence electrons. The fourth-order valence-corrected chi connectivity index (χ4v) is 2.40. The molecule has 2 aromatic carbocycles. The lowest BCUT2D eigenvalue weighted by molar-refractivity contribution is -0.337. The van der Waals surface area contributed by atoms with Gasteiger partial charge in [0.15, 0.2) is 0 Å². The Hall–Kier alpha value is -2.52. The Balaban J connectivity index is 2.07. The zero-order valence-corrected chi connectivity index (χ0v) is 11.2. The van der Waals surface area contributed by atoms with E-state index in [1.165, 1.54) is 0 Å². The van der Waals surface area contributed by atoms with Crippen LogP contribution in [0.1, 0.15) is 12.0 Å². The van der Waals surface area contributed by atoms with Crippen molar-refractivity contribution in [3.63, 3.8) is 0 Å². The molecule has 0 aliphatic carbocycles. The first-order valence-corrected chi connectivity index (χ1v) is 6.44. The zero-order valence-electron chi connectivity index (χ0n) is 11.2. The number of nitriles is 1. The number of ether oxygens (including phenoxy) is 1. The number of nitrogens with zero attached hydrogens (tertiary/aromatic N) is 1. The van der Waals surface area contributed by atoms with Gasteiger partial charge in [-0.2, -0.15) is 18.4 Å². The van der Waals surface area contributed by atoms with Gasteiger partial charge in [0.25, 0.3) is 0 Å². The van der Waals surface area contributed by atoms with Crippen molar-refractivity contribution < 1.29 is 23.0 Å². The predicted octanol–water partition coefficient (Wildman–Crippen LogP) is 3.75. The van der Waals surface area contributed by atoms with Crippen LogP contribution in [0.3, 0.4) is 0 Å². The highest BCUT2D eigenvalue weighted by Crippen LogP contribution is 2.46. The predicted molar refractivity (Wildman–Crippen MR) is 73.2 cm³/mol. The van der Waals surface area contributed by atoms with Crippen LogP contribution >= 0.6 is 0 Å². The molecular formula is C16H10F3NO2. The molecule has 0 saturated heterocycles. The second kappa shape index (κ2) is 4.75. The summed E-state index contributed by atoms with van der Waals surface area (Å²) in [5.41, 5.74) is 0.102. The molecule has 6 heteroatoms. The van der Waals surface area contributed by atoms with Crippen LogP contribution in [-0.2, 0) is 4.74 Å². The largest absolute Gasteiger partial charge is 0.455 e. The minimum Gasteiger partial charge on any atom is -0.451 e. The second-order valence-corrected chi connectivity index (χ2v) is 5.04. The fourth-order valence-electron chi connectivity index (χ4n) is 2.40. The minimum absolute atomic E-state index is 0.227. The van der Waals surface area contributed by atoms with Crippen LogP contribution in [-0.4, -0.2) is 17.1 Å². The van der Waals surface area contributed by atoms with Crippen LogP contribution in [0.5, 0.6) is 0 Å². The molecule has 0 amide bonds. The maximum Gasteiger partial charge on any atom is 0.455 e. The molecule has 0 saturated carbocycles. The van der Waals surface area contributed by atoms with Gasteiger partial charge in [-0.05, 0) is 16.8 Å². The number of fused-ring (bicyclic) bond motifs is 1. The molecule has 1 N–H and O–H groups in total. The van der Waals surface area contributed by atoms with Gasteiger partial charge in [-0.1, -0.05) is 36.4 Å². The molecule has 0 spiro atoms. The second-order valence-electron chi connectivity index (χ2n) is 5.04. The van der Waals surface area contributed by atoms with Crippen LogP contribution < -0.4 is 0 Å². The van der Waals surface area contributed by atoms with Gasteiger partial charge in [0.05, 0.1) is 18.1 Å². The van der Waals surface area contributed by atoms with E-state index in [-0.39, 0.29) is 11.3 Å². The van der Waals surface area contributed by atoms with Crippen molar-refractivity contribution in [1.82, 2.24) is 0 Å². The Morgan fingerprint density at radius 2 is 1.82 bits per heavy atom. The molecule has 1 aliphatic rings. The summed E-state index contributed by atoms with van der Waals surface area (Å²) < 4.78 is 43.4. The molecule has 1 unspecified atom stereocenters. The highest BCUT2D eigenvalue weighted by Gasteiger charge is 2.60. The summed E-state index contributed by atoms with van der Waals surface area (Å²) >= 11 is 0. The topological polar surface area (TPSA) is 53.2 Å². The van der Waals surface area contributed by atoms with Crippen molar-refractivity contribution in [1.29, 1.82) is 5.26 Å². The smallest absolute Gasteiger partial charge is 0.451 e. The van der Waals surface area contributed by atoms with Crippen molar-refractivity contribution >= 4 is 16.5 Å². The van der Waals surface area contributed by atoms with Gasteiger partial charge in [-0.3, -0.25) is 0 Å². The van der Waals surface area contributed by atoms with E-state index < -0.39 is 18.4 Å². The lowest BCUT2D eigenvalue weighted by atomic mass is 10.0. The van der Waals surface area contributed by atoms with Gasteiger partial charge in [0.1, 0.15) is 5.76 Å². The van der Waals surface area contributed by atoms with E-state index in [1.54, 1.807) is 36.4 Å². The first-order chi connectivity index (χ1) is 10.3. The van der Waals surface area contributed by atoms with Crippen LogP contribution in [0.25, 0.3) is 16.5 Å². The lowest BCUT2D eigenvalue weighted by Gasteiger charge is -2.25. The number of rotatable bonds is 1. The molecule has 1 heterocycles. The molecular weight excluding hydrogens is 295 g/mol. The summed E-state index contributed by atoms with van der Waals surface area (Å²) in [7, 11) is 0. The summed E-state index contributed by atoms with van der Waals surface area (Å²) in [5.74, 6) is -3.58. The highest BCUT2D eigenvalue weighted by atomic mass is 19.4. The molecule has 1 atom stereocenters. The number of halogens is 3. The van der Waals surface area contributed by atoms with Crippen molar-refractivity contribution in [2.24, 2.45) is 0 Å². The zero-order chi connectivity index (χ0) is 16.0. The van der Waals surface area contributed by atoms with Gasteiger partial charge in [-0.15, -0.1) is 0 Å². The van der Waals surface area contributed by atoms with Crippen LogP contribution in [0.15, 0.2) is 48.0 Å². The molecule has 2 aromatic rings. The molecule has 0 fully saturated rings. The molecule has 3 nitrogen and oxygen atoms in total. The Bertz CT molecular complexity index is 820. The fraction of sp³-hybridized carbons (Fsp3) is 0.188. The maximum absolute atomic E-state index is 12.9. The van der Waals surface area contributed by atoms with Gasteiger partial charge in [-0.25, -0.2) is 0 Å². The van der Waals surface area contributed by atoms with E-state index >= 15 is 0 Å². The lowest BCUT2D eigenvalue weighted by Crippen LogP contribution is -2.44. The third-order valence-corrected chi connectivity index (χ3v) is 3.55. The Morgan fingerprint density at radius 3 is 2.45 bits per heavy atom. The summed E-state index contributed by atoms with van der Waals surface area (Å²) in [6.45, 7) is 0. The van der Waals surface area contributed by atoms with E-state index in [9.17, 15) is 18.3 Å². The minimum atomic E-state index is -4.98. The van der Waals surface area contributed by atoms with Crippen LogP contribution in [0.4, 0.5) is 13.2 Å². The third-order valence-electron chi connectivity index (χ3n) is 3.55. The van der Waals surface area contributed by atoms with Crippen molar-refractivity contribution in [2.45, 2.75) is 18.4 Å². The Labute approximate surface area is 123 Å². The molecule has 0 radical (unpaired) electrons. The monoisotopic (exact) mass is 305 g/mol. The number of aliphatic hydroxyl groups is 1. The first kappa shape index (κ1) is 14.4. The maximum atomic E-state index is 12.9. The average molecular weight is 305 g/mol. The van der Waals surface area contributed by atoms with E-state index in [1.807, 2.05) is 12.1 Å². The Kier molecular flexibility index (Phi) is 3.11. The normalized spacial score (nSPS) is 21.8. The van der Waals surface area contributed by atoms with Crippen LogP contribution in [0, 0.1) is 11.3 Å². The van der Waals surface area contributed by atoms with Crippen molar-refractivity contribution in [3.8, 4) is 6.07 Å². The van der Waals surface area contributed by atoms with Gasteiger partial charge < -0.3 is 9.84 Å². The number of benzene rings is 2. The highest BCUT2D eigenvalue weighted by molar-refractivity contribution is 5.86. The number of alkyl halides is 3. The summed E-state index contributed by atoms with van der Waals surface area (Å²) in [4.78, 5) is 0. The van der Waals surface area contributed by atoms with Gasteiger partial charge in [0, 0.05) is 5.56 Å². The van der Waals surface area contributed by atoms with Gasteiger partial charge in [0.2, 0.25) is 0 Å². The number of hydrogen-bond acceptors (Lipinski definition) is 3. The van der Waals surface area contributed by atoms with E-state index in [4.69, 9.17) is 10.00 Å². The standard InChI is InChI=1S/C16H10F3NO2/c17-16(18,19)15(21)8-13(9-20)14(22-15)12-6-5-10-3-1-2-4-11(10)7-12/h1-7,21H,8H2. The number of hydrogen-bond donors (Lipinski definition) is 1. The van der Waals surface area contributed by atoms with Crippen LogP contribution in [0.2, 0.25) is 0 Å². The van der Waals surface area contributed by atoms with E-state index in [0.717, 1.165) is 10.8 Å². The molecule has 1 aliphatic heterocycles. The summed E-state index contributed by atoms with van der Waals surface area (Å²) in [6, 6.07) is 13.9. The average Bonchev–Trinajstić information content (AvgIpc) is 2.85. The summed E-state index contributed by atoms with van der Waals surface area (Å²) in [5, 5.41) is 20.4. The Morgan fingerprint density at radius 1 is 1.14 bits per heavy atom. The van der Waals surface area contributed by atoms with Gasteiger partial charge >= 0.3 is 12.0 Å². The van der Waals surface area contributed by atoms with E-state index in [0.29, 0.717) is 5.56 Å². The summed E-state index contributed by atoms with van der Waals surface area (Å²) in [6.07, 6.45) is -5.89. The molecule has 22 heavy (non-hydrogen) atoms. The SMILES string of the molecule is N#CC1=C(c2ccc3ccccc3c2)OC(O)(C(F)(F)F)C1. The molecule has 3 rings (SSSR count). The molecule has 0 bridgehead atoms.